The lowest BCUT2D eigenvalue weighted by Crippen LogP contribution is -2.11. The Bertz CT molecular complexity index is 305. The number of primary amides is 1. The fraction of sp³-hybridized carbons (Fsp3) is 0.222. The summed E-state index contributed by atoms with van der Waals surface area (Å²) in [5.74, 6) is -1.76. The van der Waals surface area contributed by atoms with Gasteiger partial charge in [0.1, 0.15) is 11.6 Å². The van der Waals surface area contributed by atoms with Gasteiger partial charge in [-0.2, -0.15) is 0 Å². The highest BCUT2D eigenvalue weighted by Gasteiger charge is 2.01. The molecule has 1 rings (SSSR count). The van der Waals surface area contributed by atoms with Crippen molar-refractivity contribution in [3.05, 3.63) is 35.4 Å². The summed E-state index contributed by atoms with van der Waals surface area (Å²) in [6, 6.07) is 3.16. The predicted molar refractivity (Wildman–Crippen MR) is 43.9 cm³/mol. The summed E-state index contributed by atoms with van der Waals surface area (Å²) in [5, 5.41) is 0. The molecular weight excluding hydrogens is 176 g/mol. The van der Waals surface area contributed by atoms with Crippen molar-refractivity contribution in [3.8, 4) is 0 Å². The molecule has 0 spiro atoms. The van der Waals surface area contributed by atoms with Gasteiger partial charge in [0.2, 0.25) is 5.91 Å². The molecule has 4 heteroatoms. The fourth-order valence-electron chi connectivity index (χ4n) is 1.02. The molecule has 0 aliphatic heterocycles. The van der Waals surface area contributed by atoms with Gasteiger partial charge in [-0.15, -0.1) is 0 Å². The number of hydrogen-bond acceptors (Lipinski definition) is 1. The second-order valence-corrected chi connectivity index (χ2v) is 2.74. The van der Waals surface area contributed by atoms with Crippen LogP contribution in [-0.4, -0.2) is 5.91 Å². The quantitative estimate of drug-likeness (QED) is 0.759. The second-order valence-electron chi connectivity index (χ2n) is 2.74. The first-order valence-electron chi connectivity index (χ1n) is 3.81. The zero-order valence-electron chi connectivity index (χ0n) is 6.89. The van der Waals surface area contributed by atoms with Crippen LogP contribution in [0, 0.1) is 11.6 Å². The lowest BCUT2D eigenvalue weighted by Gasteiger charge is -1.99. The lowest BCUT2D eigenvalue weighted by atomic mass is 10.1. The first-order chi connectivity index (χ1) is 6.08. The number of aryl methyl sites for hydroxylation is 1. The molecule has 0 bridgehead atoms. The highest BCUT2D eigenvalue weighted by molar-refractivity contribution is 5.73. The van der Waals surface area contributed by atoms with Gasteiger partial charge in [-0.25, -0.2) is 8.78 Å². The summed E-state index contributed by atoms with van der Waals surface area (Å²) in [6.45, 7) is 0. The van der Waals surface area contributed by atoms with E-state index >= 15 is 0 Å². The molecule has 1 aromatic carbocycles. The summed E-state index contributed by atoms with van der Waals surface area (Å²) in [7, 11) is 0. The van der Waals surface area contributed by atoms with E-state index in [9.17, 15) is 13.6 Å². The van der Waals surface area contributed by atoms with E-state index in [0.717, 1.165) is 6.07 Å². The molecule has 0 aromatic heterocycles. The van der Waals surface area contributed by atoms with Gasteiger partial charge < -0.3 is 5.73 Å². The molecule has 0 aliphatic rings. The topological polar surface area (TPSA) is 43.1 Å². The maximum absolute atomic E-state index is 12.6. The van der Waals surface area contributed by atoms with Crippen LogP contribution in [0.4, 0.5) is 8.78 Å². The number of benzene rings is 1. The molecule has 0 radical (unpaired) electrons. The Labute approximate surface area is 74.4 Å². The van der Waals surface area contributed by atoms with Crippen LogP contribution in [0.15, 0.2) is 18.2 Å². The van der Waals surface area contributed by atoms with Gasteiger partial charge in [0.15, 0.2) is 0 Å². The molecule has 1 aromatic rings. The molecule has 2 nitrogen and oxygen atoms in total. The number of halogens is 2. The predicted octanol–water partition coefficient (Wildman–Crippen LogP) is 1.38. The van der Waals surface area contributed by atoms with Crippen molar-refractivity contribution in [3.63, 3.8) is 0 Å². The summed E-state index contributed by atoms with van der Waals surface area (Å²) in [6.07, 6.45) is 0.368. The van der Waals surface area contributed by atoms with Gasteiger partial charge in [0.25, 0.3) is 0 Å². The first-order valence-corrected chi connectivity index (χ1v) is 3.81. The summed E-state index contributed by atoms with van der Waals surface area (Å²) in [4.78, 5) is 10.4. The zero-order chi connectivity index (χ0) is 9.84. The van der Waals surface area contributed by atoms with E-state index in [1.165, 1.54) is 12.1 Å². The van der Waals surface area contributed by atoms with E-state index in [2.05, 4.69) is 0 Å². The molecule has 0 saturated heterocycles. The molecule has 0 atom stereocenters. The number of amides is 1. The third kappa shape index (κ3) is 3.19. The van der Waals surface area contributed by atoms with Crippen LogP contribution in [0.5, 0.6) is 0 Å². The third-order valence-corrected chi connectivity index (χ3v) is 1.58. The molecule has 0 unspecified atom stereocenters. The Hall–Kier alpha value is -1.45. The minimum Gasteiger partial charge on any atom is -0.370 e. The van der Waals surface area contributed by atoms with Gasteiger partial charge in [-0.05, 0) is 24.1 Å². The maximum atomic E-state index is 12.6. The minimum atomic E-state index is -0.639. The summed E-state index contributed by atoms with van der Waals surface area (Å²) >= 11 is 0. The van der Waals surface area contributed by atoms with E-state index in [-0.39, 0.29) is 12.8 Å². The Morgan fingerprint density at radius 2 is 1.77 bits per heavy atom. The largest absolute Gasteiger partial charge is 0.370 e. The van der Waals surface area contributed by atoms with Crippen molar-refractivity contribution in [1.29, 1.82) is 0 Å². The number of nitrogens with two attached hydrogens (primary N) is 1. The van der Waals surface area contributed by atoms with E-state index in [0.29, 0.717) is 5.56 Å². The number of hydrogen-bond donors (Lipinski definition) is 1. The minimum absolute atomic E-state index is 0.100. The van der Waals surface area contributed by atoms with Crippen molar-refractivity contribution in [2.75, 3.05) is 0 Å². The highest BCUT2D eigenvalue weighted by atomic mass is 19.1. The maximum Gasteiger partial charge on any atom is 0.217 e. The lowest BCUT2D eigenvalue weighted by molar-refractivity contribution is -0.117. The fourth-order valence-corrected chi connectivity index (χ4v) is 1.02. The van der Waals surface area contributed by atoms with Crippen LogP contribution in [0.1, 0.15) is 12.0 Å². The average Bonchev–Trinajstić information content (AvgIpc) is 1.99. The highest BCUT2D eigenvalue weighted by Crippen LogP contribution is 2.09. The van der Waals surface area contributed by atoms with Crippen LogP contribution >= 0.6 is 0 Å². The molecule has 0 heterocycles. The van der Waals surface area contributed by atoms with Gasteiger partial charge in [-0.1, -0.05) is 0 Å². The van der Waals surface area contributed by atoms with Gasteiger partial charge in [0, 0.05) is 12.5 Å². The Morgan fingerprint density at radius 3 is 2.23 bits per heavy atom. The van der Waals surface area contributed by atoms with Crippen molar-refractivity contribution >= 4 is 5.91 Å². The second kappa shape index (κ2) is 3.98. The normalized spacial score (nSPS) is 10.0. The summed E-state index contributed by atoms with van der Waals surface area (Å²) < 4.78 is 25.2. The van der Waals surface area contributed by atoms with Crippen LogP contribution in [0.2, 0.25) is 0 Å². The van der Waals surface area contributed by atoms with Crippen molar-refractivity contribution in [1.82, 2.24) is 0 Å². The van der Waals surface area contributed by atoms with Crippen molar-refractivity contribution < 1.29 is 13.6 Å². The van der Waals surface area contributed by atoms with Gasteiger partial charge in [-0.3, -0.25) is 4.79 Å². The van der Waals surface area contributed by atoms with Crippen molar-refractivity contribution in [2.45, 2.75) is 12.8 Å². The summed E-state index contributed by atoms with van der Waals surface area (Å²) in [5.41, 5.74) is 5.33. The standard InChI is InChI=1S/C9H9F2NO/c10-7-3-6(1-2-9(12)13)4-8(11)5-7/h3-5H,1-2H2,(H2,12,13). The van der Waals surface area contributed by atoms with Gasteiger partial charge >= 0.3 is 0 Å². The Balaban J connectivity index is 2.71. The van der Waals surface area contributed by atoms with Crippen LogP contribution < -0.4 is 5.73 Å². The monoisotopic (exact) mass is 185 g/mol. The van der Waals surface area contributed by atoms with Crippen molar-refractivity contribution in [2.24, 2.45) is 5.73 Å². The van der Waals surface area contributed by atoms with Crippen LogP contribution in [0.25, 0.3) is 0 Å². The molecule has 13 heavy (non-hydrogen) atoms. The van der Waals surface area contributed by atoms with Gasteiger partial charge in [0.05, 0.1) is 0 Å². The van der Waals surface area contributed by atoms with E-state index in [1.807, 2.05) is 0 Å². The van der Waals surface area contributed by atoms with Crippen LogP contribution in [-0.2, 0) is 11.2 Å². The molecule has 0 saturated carbocycles. The van der Waals surface area contributed by atoms with E-state index < -0.39 is 17.5 Å². The Morgan fingerprint density at radius 1 is 1.23 bits per heavy atom. The molecule has 0 aliphatic carbocycles. The molecule has 1 amide bonds. The van der Waals surface area contributed by atoms with E-state index in [4.69, 9.17) is 5.73 Å². The Kier molecular flexibility index (Phi) is 2.95. The third-order valence-electron chi connectivity index (χ3n) is 1.58. The molecule has 70 valence electrons. The smallest absolute Gasteiger partial charge is 0.217 e. The van der Waals surface area contributed by atoms with E-state index in [1.54, 1.807) is 0 Å². The molecule has 0 fully saturated rings. The average molecular weight is 185 g/mol. The molecular formula is C9H9F2NO. The SMILES string of the molecule is NC(=O)CCc1cc(F)cc(F)c1. The first kappa shape index (κ1) is 9.64. The zero-order valence-corrected chi connectivity index (χ0v) is 6.89. The molecule has 2 N–H and O–H groups in total. The number of carbonyl (C=O) groups is 1. The number of carbonyl (C=O) groups excluding carboxylic acids is 1. The number of rotatable bonds is 3. The van der Waals surface area contributed by atoms with Crippen LogP contribution in [0.3, 0.4) is 0 Å².